The average Bonchev–Trinajstić information content (AvgIpc) is 3.25. The van der Waals surface area contributed by atoms with Crippen LogP contribution in [0.5, 0.6) is 0 Å². The normalized spacial score (nSPS) is 17.8. The maximum atomic E-state index is 13.9. The molecule has 0 fully saturated rings. The number of esters is 2. The van der Waals surface area contributed by atoms with E-state index < -0.39 is 23.3 Å². The Hall–Kier alpha value is -4.19. The van der Waals surface area contributed by atoms with Gasteiger partial charge in [0.05, 0.1) is 14.2 Å². The molecule has 0 bridgehead atoms. The lowest BCUT2D eigenvalue weighted by Gasteiger charge is -2.43. The number of para-hydroxylation sites is 1. The van der Waals surface area contributed by atoms with Gasteiger partial charge in [0.1, 0.15) is 0 Å². The van der Waals surface area contributed by atoms with Crippen molar-refractivity contribution >= 4 is 28.6 Å². The van der Waals surface area contributed by atoms with Crippen LogP contribution < -0.4 is 0 Å². The summed E-state index contributed by atoms with van der Waals surface area (Å²) in [6.45, 7) is 6.21. The van der Waals surface area contributed by atoms with E-state index in [1.54, 1.807) is 12.1 Å². The second kappa shape index (κ2) is 10.4. The fraction of sp³-hybridized carbons (Fsp3) is 0.324. The van der Waals surface area contributed by atoms with Gasteiger partial charge in [0.2, 0.25) is 0 Å². The molecule has 0 aliphatic heterocycles. The highest BCUT2D eigenvalue weighted by atomic mass is 16.5. The minimum atomic E-state index is -1.72. The number of nitrogens with zero attached hydrogens (tertiary/aromatic N) is 1. The zero-order valence-corrected chi connectivity index (χ0v) is 23.9. The van der Waals surface area contributed by atoms with Crippen molar-refractivity contribution < 1.29 is 23.9 Å². The molecule has 0 radical (unpaired) electrons. The van der Waals surface area contributed by atoms with Gasteiger partial charge in [-0.25, -0.2) is 0 Å². The van der Waals surface area contributed by atoms with Crippen molar-refractivity contribution in [3.05, 3.63) is 106 Å². The number of fused-ring (bicyclic) bond motifs is 3. The Morgan fingerprint density at radius 3 is 2.02 bits per heavy atom. The lowest BCUT2D eigenvalue weighted by Crippen LogP contribution is -2.50. The summed E-state index contributed by atoms with van der Waals surface area (Å²) in [5.41, 5.74) is 6.00. The summed E-state index contributed by atoms with van der Waals surface area (Å²) < 4.78 is 12.8. The molecule has 0 saturated carbocycles. The van der Waals surface area contributed by atoms with Gasteiger partial charge in [-0.1, -0.05) is 66.2 Å². The topological polar surface area (TPSA) is 74.6 Å². The molecule has 0 spiro atoms. The lowest BCUT2D eigenvalue weighted by molar-refractivity contribution is -0.173. The molecule has 3 aromatic carbocycles. The summed E-state index contributed by atoms with van der Waals surface area (Å²) in [6, 6.07) is 21.3. The second-order valence-corrected chi connectivity index (χ2v) is 10.9. The summed E-state index contributed by atoms with van der Waals surface area (Å²) in [4.78, 5) is 41.6. The van der Waals surface area contributed by atoms with E-state index in [1.807, 2.05) is 48.0 Å². The quantitative estimate of drug-likeness (QED) is 0.163. The second-order valence-electron chi connectivity index (χ2n) is 10.9. The monoisotopic (exact) mass is 537 g/mol. The highest BCUT2D eigenvalue weighted by molar-refractivity contribution is 6.05. The molecular formula is C34H35NO5. The Labute approximate surface area is 234 Å². The van der Waals surface area contributed by atoms with Crippen molar-refractivity contribution in [1.82, 2.24) is 4.57 Å². The third-order valence-corrected chi connectivity index (χ3v) is 8.66. The van der Waals surface area contributed by atoms with Crippen LogP contribution in [0.15, 0.2) is 66.7 Å². The van der Waals surface area contributed by atoms with Crippen molar-refractivity contribution in [2.45, 2.75) is 45.4 Å². The van der Waals surface area contributed by atoms with Gasteiger partial charge in [0.15, 0.2) is 11.2 Å². The molecule has 206 valence electrons. The Kier molecular flexibility index (Phi) is 7.13. The minimum Gasteiger partial charge on any atom is -0.468 e. The van der Waals surface area contributed by atoms with E-state index in [2.05, 4.69) is 39.0 Å². The number of benzene rings is 3. The van der Waals surface area contributed by atoms with E-state index in [9.17, 15) is 14.4 Å². The van der Waals surface area contributed by atoms with E-state index in [0.29, 0.717) is 5.56 Å². The molecule has 1 aliphatic carbocycles. The van der Waals surface area contributed by atoms with Crippen molar-refractivity contribution in [3.63, 3.8) is 0 Å². The van der Waals surface area contributed by atoms with Gasteiger partial charge >= 0.3 is 11.9 Å². The third kappa shape index (κ3) is 4.14. The molecule has 1 aliphatic rings. The zero-order valence-electron chi connectivity index (χ0n) is 23.9. The van der Waals surface area contributed by atoms with Gasteiger partial charge in [0, 0.05) is 47.5 Å². The number of ketones is 1. The number of hydrogen-bond donors (Lipinski definition) is 0. The number of ether oxygens (including phenoxy) is 2. The predicted molar refractivity (Wildman–Crippen MR) is 155 cm³/mol. The highest BCUT2D eigenvalue weighted by Crippen LogP contribution is 2.58. The van der Waals surface area contributed by atoms with Crippen molar-refractivity contribution in [1.29, 1.82) is 0 Å². The lowest BCUT2D eigenvalue weighted by atomic mass is 9.58. The molecule has 5 rings (SSSR count). The standard InChI is InChI=1S/C34H35NO5/c1-20-16-21(2)29(22(3)17-20)25-19-34(32(37)39-5,33(38)40-6)26(18-28(36)23-12-8-7-9-13-23)31-30(25)24-14-10-11-15-27(24)35(31)4/h7-17,25-26H,18-19H2,1-6H3. The number of carbonyl (C=O) groups is 3. The largest absolute Gasteiger partial charge is 0.468 e. The number of rotatable bonds is 6. The maximum Gasteiger partial charge on any atom is 0.323 e. The molecule has 0 N–H and O–H groups in total. The molecule has 6 heteroatoms. The Balaban J connectivity index is 1.87. The molecule has 1 heterocycles. The van der Waals surface area contributed by atoms with E-state index in [-0.39, 0.29) is 24.5 Å². The first-order valence-corrected chi connectivity index (χ1v) is 13.6. The molecule has 4 aromatic rings. The zero-order chi connectivity index (χ0) is 28.8. The van der Waals surface area contributed by atoms with Crippen LogP contribution in [0.25, 0.3) is 10.9 Å². The third-order valence-electron chi connectivity index (χ3n) is 8.66. The molecule has 2 unspecified atom stereocenters. The van der Waals surface area contributed by atoms with Gasteiger partial charge in [0.25, 0.3) is 0 Å². The van der Waals surface area contributed by atoms with Crippen LogP contribution in [0.1, 0.15) is 68.5 Å². The van der Waals surface area contributed by atoms with Gasteiger partial charge < -0.3 is 14.0 Å². The maximum absolute atomic E-state index is 13.9. The Morgan fingerprint density at radius 2 is 1.43 bits per heavy atom. The number of Topliss-reactive ketones (excluding diaryl/α,β-unsaturated/α-hetero) is 1. The van der Waals surface area contributed by atoms with Crippen LogP contribution >= 0.6 is 0 Å². The molecule has 0 saturated heterocycles. The van der Waals surface area contributed by atoms with Gasteiger partial charge in [-0.3, -0.25) is 14.4 Å². The fourth-order valence-electron chi connectivity index (χ4n) is 7.11. The predicted octanol–water partition coefficient (Wildman–Crippen LogP) is 6.33. The SMILES string of the molecule is COC(=O)C1(C(=O)OC)CC(c2c(C)cc(C)cc2C)c2c(n(C)c3ccccc23)C1CC(=O)c1ccccc1. The number of hydrogen-bond acceptors (Lipinski definition) is 5. The Morgan fingerprint density at radius 1 is 0.850 bits per heavy atom. The molecule has 0 amide bonds. The first-order valence-electron chi connectivity index (χ1n) is 13.6. The van der Waals surface area contributed by atoms with Crippen molar-refractivity contribution in [2.24, 2.45) is 12.5 Å². The molecule has 2 atom stereocenters. The van der Waals surface area contributed by atoms with E-state index >= 15 is 0 Å². The van der Waals surface area contributed by atoms with Gasteiger partial charge in [-0.05, 0) is 55.5 Å². The Bertz CT molecular complexity index is 1590. The summed E-state index contributed by atoms with van der Waals surface area (Å²) in [5.74, 6) is -2.63. The molecule has 40 heavy (non-hydrogen) atoms. The summed E-state index contributed by atoms with van der Waals surface area (Å²) in [5, 5.41) is 1.05. The molecular weight excluding hydrogens is 502 g/mol. The number of aryl methyl sites for hydroxylation is 4. The average molecular weight is 538 g/mol. The van der Waals surface area contributed by atoms with Crippen LogP contribution in [0.4, 0.5) is 0 Å². The van der Waals surface area contributed by atoms with E-state index in [0.717, 1.165) is 44.4 Å². The first-order chi connectivity index (χ1) is 19.1. The van der Waals surface area contributed by atoms with Crippen LogP contribution in [-0.2, 0) is 26.1 Å². The van der Waals surface area contributed by atoms with E-state index in [1.165, 1.54) is 14.2 Å². The number of methoxy groups -OCH3 is 2. The summed E-state index contributed by atoms with van der Waals surface area (Å²) in [7, 11) is 4.52. The summed E-state index contributed by atoms with van der Waals surface area (Å²) in [6.07, 6.45) is 0.0782. The van der Waals surface area contributed by atoms with Gasteiger partial charge in [-0.2, -0.15) is 0 Å². The van der Waals surface area contributed by atoms with Crippen LogP contribution in [0, 0.1) is 26.2 Å². The van der Waals surface area contributed by atoms with Crippen LogP contribution in [-0.4, -0.2) is 36.5 Å². The number of aromatic nitrogens is 1. The summed E-state index contributed by atoms with van der Waals surface area (Å²) >= 11 is 0. The minimum absolute atomic E-state index is 0.0516. The fourth-order valence-corrected chi connectivity index (χ4v) is 7.11. The highest BCUT2D eigenvalue weighted by Gasteiger charge is 2.61. The first kappa shape index (κ1) is 27.4. The number of carbonyl (C=O) groups excluding carboxylic acids is 3. The molecule has 6 nitrogen and oxygen atoms in total. The van der Waals surface area contributed by atoms with Crippen molar-refractivity contribution in [2.75, 3.05) is 14.2 Å². The van der Waals surface area contributed by atoms with Crippen molar-refractivity contribution in [3.8, 4) is 0 Å². The smallest absolute Gasteiger partial charge is 0.323 e. The van der Waals surface area contributed by atoms with E-state index in [4.69, 9.17) is 9.47 Å². The van der Waals surface area contributed by atoms with Gasteiger partial charge in [-0.15, -0.1) is 0 Å². The van der Waals surface area contributed by atoms with Crippen LogP contribution in [0.3, 0.4) is 0 Å². The van der Waals surface area contributed by atoms with Crippen LogP contribution in [0.2, 0.25) is 0 Å². The molecule has 1 aromatic heterocycles.